The molecule has 66 valence electrons. The zero-order valence-corrected chi connectivity index (χ0v) is 6.82. The van der Waals surface area contributed by atoms with Crippen LogP contribution in [0.15, 0.2) is 16.5 Å². The van der Waals surface area contributed by atoms with E-state index in [0.29, 0.717) is 18.6 Å². The van der Waals surface area contributed by atoms with Crippen molar-refractivity contribution in [2.75, 3.05) is 6.61 Å². The summed E-state index contributed by atoms with van der Waals surface area (Å²) in [5.41, 5.74) is 0. The molecule has 0 radical (unpaired) electrons. The number of furan rings is 1. The number of hydrogen-bond acceptors (Lipinski definition) is 3. The first-order valence-electron chi connectivity index (χ1n) is 3.99. The van der Waals surface area contributed by atoms with Crippen molar-refractivity contribution in [1.82, 2.24) is 0 Å². The van der Waals surface area contributed by atoms with Gasteiger partial charge in [0.1, 0.15) is 17.8 Å². The van der Waals surface area contributed by atoms with Crippen LogP contribution in [0.4, 0.5) is 0 Å². The molecule has 12 heavy (non-hydrogen) atoms. The highest BCUT2D eigenvalue weighted by Crippen LogP contribution is 2.09. The molecule has 0 bridgehead atoms. The summed E-state index contributed by atoms with van der Waals surface area (Å²) >= 11 is 0. The molecule has 1 aromatic rings. The second-order valence-electron chi connectivity index (χ2n) is 2.57. The second-order valence-corrected chi connectivity index (χ2v) is 2.57. The minimum Gasteiger partial charge on any atom is -0.466 e. The van der Waals surface area contributed by atoms with Crippen molar-refractivity contribution >= 4 is 6.29 Å². The fraction of sp³-hybridized carbons (Fsp3) is 0.444. The molecule has 0 fully saturated rings. The highest BCUT2D eigenvalue weighted by molar-refractivity contribution is 5.53. The maximum absolute atomic E-state index is 10.1. The third kappa shape index (κ3) is 2.51. The fourth-order valence-corrected chi connectivity index (χ4v) is 1.00. The predicted octanol–water partition coefficient (Wildman–Crippen LogP) is 0.946. The third-order valence-corrected chi connectivity index (χ3v) is 1.58. The number of hydrogen-bond donors (Lipinski definition) is 1. The molecule has 0 aliphatic rings. The normalized spacial score (nSPS) is 10.1. The standard InChI is InChI=1S/C9H12O3/c10-6-1-2-8-3-4-9(12-8)5-7-11/h3-4,7,10H,1-2,5-6H2. The molecular weight excluding hydrogens is 156 g/mol. The molecule has 0 saturated carbocycles. The number of aliphatic hydroxyl groups is 1. The summed E-state index contributed by atoms with van der Waals surface area (Å²) in [4.78, 5) is 10.1. The van der Waals surface area contributed by atoms with Gasteiger partial charge in [0, 0.05) is 13.0 Å². The van der Waals surface area contributed by atoms with Crippen molar-refractivity contribution in [3.63, 3.8) is 0 Å². The van der Waals surface area contributed by atoms with Gasteiger partial charge in [-0.2, -0.15) is 0 Å². The highest BCUT2D eigenvalue weighted by atomic mass is 16.3. The minimum atomic E-state index is 0.170. The number of aldehydes is 1. The monoisotopic (exact) mass is 168 g/mol. The van der Waals surface area contributed by atoms with Gasteiger partial charge in [-0.3, -0.25) is 0 Å². The van der Waals surface area contributed by atoms with Gasteiger partial charge < -0.3 is 14.3 Å². The Morgan fingerprint density at radius 3 is 2.83 bits per heavy atom. The van der Waals surface area contributed by atoms with Gasteiger partial charge in [-0.1, -0.05) is 0 Å². The first-order valence-corrected chi connectivity index (χ1v) is 3.99. The average molecular weight is 168 g/mol. The van der Waals surface area contributed by atoms with E-state index in [4.69, 9.17) is 9.52 Å². The Morgan fingerprint density at radius 2 is 2.17 bits per heavy atom. The zero-order chi connectivity index (χ0) is 8.81. The summed E-state index contributed by atoms with van der Waals surface area (Å²) < 4.78 is 5.28. The molecular formula is C9H12O3. The van der Waals surface area contributed by atoms with Crippen LogP contribution >= 0.6 is 0 Å². The van der Waals surface area contributed by atoms with Crippen LogP contribution in [0.3, 0.4) is 0 Å². The van der Waals surface area contributed by atoms with Crippen LogP contribution in [0.25, 0.3) is 0 Å². The molecule has 0 aliphatic carbocycles. The molecule has 0 saturated heterocycles. The first kappa shape index (κ1) is 9.00. The van der Waals surface area contributed by atoms with Crippen LogP contribution in [-0.2, 0) is 17.6 Å². The lowest BCUT2D eigenvalue weighted by Gasteiger charge is -1.92. The van der Waals surface area contributed by atoms with Crippen LogP contribution in [0.5, 0.6) is 0 Å². The van der Waals surface area contributed by atoms with E-state index in [1.807, 2.05) is 6.07 Å². The molecule has 1 N–H and O–H groups in total. The molecule has 0 atom stereocenters. The van der Waals surface area contributed by atoms with E-state index < -0.39 is 0 Å². The third-order valence-electron chi connectivity index (χ3n) is 1.58. The molecule has 0 aromatic carbocycles. The molecule has 3 nitrogen and oxygen atoms in total. The largest absolute Gasteiger partial charge is 0.466 e. The Morgan fingerprint density at radius 1 is 1.42 bits per heavy atom. The Balaban J connectivity index is 2.46. The minimum absolute atomic E-state index is 0.170. The molecule has 1 heterocycles. The second kappa shape index (κ2) is 4.72. The summed E-state index contributed by atoms with van der Waals surface area (Å²) in [6, 6.07) is 3.63. The van der Waals surface area contributed by atoms with Gasteiger partial charge in [-0.15, -0.1) is 0 Å². The molecule has 0 unspecified atom stereocenters. The summed E-state index contributed by atoms with van der Waals surface area (Å²) in [5.74, 6) is 1.53. The Kier molecular flexibility index (Phi) is 3.54. The van der Waals surface area contributed by atoms with Gasteiger partial charge in [-0.05, 0) is 18.6 Å². The lowest BCUT2D eigenvalue weighted by molar-refractivity contribution is -0.107. The van der Waals surface area contributed by atoms with E-state index in [1.54, 1.807) is 6.07 Å². The van der Waals surface area contributed by atoms with E-state index in [0.717, 1.165) is 18.5 Å². The Hall–Kier alpha value is -1.09. The van der Waals surface area contributed by atoms with Gasteiger partial charge in [0.05, 0.1) is 6.42 Å². The van der Waals surface area contributed by atoms with E-state index >= 15 is 0 Å². The summed E-state index contributed by atoms with van der Waals surface area (Å²) in [6.45, 7) is 0.170. The van der Waals surface area contributed by atoms with Gasteiger partial charge in [-0.25, -0.2) is 0 Å². The van der Waals surface area contributed by atoms with E-state index in [2.05, 4.69) is 0 Å². The van der Waals surface area contributed by atoms with Crippen molar-refractivity contribution in [2.45, 2.75) is 19.3 Å². The van der Waals surface area contributed by atoms with Crippen molar-refractivity contribution in [1.29, 1.82) is 0 Å². The van der Waals surface area contributed by atoms with Crippen molar-refractivity contribution < 1.29 is 14.3 Å². The number of carbonyl (C=O) groups is 1. The van der Waals surface area contributed by atoms with Crippen LogP contribution in [0, 0.1) is 0 Å². The number of aryl methyl sites for hydroxylation is 1. The predicted molar refractivity (Wildman–Crippen MR) is 43.9 cm³/mol. The van der Waals surface area contributed by atoms with Gasteiger partial charge in [0.2, 0.25) is 0 Å². The van der Waals surface area contributed by atoms with Gasteiger partial charge >= 0.3 is 0 Å². The zero-order valence-electron chi connectivity index (χ0n) is 6.82. The van der Waals surface area contributed by atoms with Crippen molar-refractivity contribution in [3.05, 3.63) is 23.7 Å². The topological polar surface area (TPSA) is 50.4 Å². The molecule has 1 aromatic heterocycles. The smallest absolute Gasteiger partial charge is 0.127 e. The first-order chi connectivity index (χ1) is 5.86. The van der Waals surface area contributed by atoms with Crippen LogP contribution in [-0.4, -0.2) is 18.0 Å². The van der Waals surface area contributed by atoms with E-state index in [9.17, 15) is 4.79 Å². The van der Waals surface area contributed by atoms with Gasteiger partial charge in [0.25, 0.3) is 0 Å². The maximum Gasteiger partial charge on any atom is 0.127 e. The highest BCUT2D eigenvalue weighted by Gasteiger charge is 2.00. The summed E-state index contributed by atoms with van der Waals surface area (Å²) in [5, 5.41) is 8.54. The average Bonchev–Trinajstić information content (AvgIpc) is 2.50. The fourth-order valence-electron chi connectivity index (χ4n) is 1.00. The SMILES string of the molecule is O=CCc1ccc(CCCO)o1. The summed E-state index contributed by atoms with van der Waals surface area (Å²) in [7, 11) is 0. The quantitative estimate of drug-likeness (QED) is 0.666. The van der Waals surface area contributed by atoms with Gasteiger partial charge in [0.15, 0.2) is 0 Å². The molecule has 0 spiro atoms. The lowest BCUT2D eigenvalue weighted by atomic mass is 10.2. The van der Waals surface area contributed by atoms with Crippen molar-refractivity contribution in [2.24, 2.45) is 0 Å². The molecule has 0 amide bonds. The number of aliphatic hydroxyl groups excluding tert-OH is 1. The summed E-state index contributed by atoms with van der Waals surface area (Å²) in [6.07, 6.45) is 2.58. The number of carbonyl (C=O) groups excluding carboxylic acids is 1. The number of rotatable bonds is 5. The Labute approximate surface area is 71.0 Å². The van der Waals surface area contributed by atoms with E-state index in [1.165, 1.54) is 0 Å². The van der Waals surface area contributed by atoms with Crippen LogP contribution in [0.1, 0.15) is 17.9 Å². The molecule has 3 heteroatoms. The van der Waals surface area contributed by atoms with E-state index in [-0.39, 0.29) is 6.61 Å². The molecule has 0 aliphatic heterocycles. The van der Waals surface area contributed by atoms with Crippen molar-refractivity contribution in [3.8, 4) is 0 Å². The molecule has 1 rings (SSSR count). The van der Waals surface area contributed by atoms with Crippen LogP contribution < -0.4 is 0 Å². The van der Waals surface area contributed by atoms with Crippen LogP contribution in [0.2, 0.25) is 0 Å². The maximum atomic E-state index is 10.1. The lowest BCUT2D eigenvalue weighted by Crippen LogP contribution is -1.86. The Bertz CT molecular complexity index is 240.